The van der Waals surface area contributed by atoms with Crippen molar-refractivity contribution < 1.29 is 14.3 Å². The molecule has 0 bridgehead atoms. The molecule has 1 heterocycles. The molecule has 15 heavy (non-hydrogen) atoms. The lowest BCUT2D eigenvalue weighted by molar-refractivity contribution is -0.143. The van der Waals surface area contributed by atoms with Gasteiger partial charge in [0.15, 0.2) is 0 Å². The Hall–Kier alpha value is -0.650. The first-order valence-corrected chi connectivity index (χ1v) is 5.20. The summed E-state index contributed by atoms with van der Waals surface area (Å²) >= 11 is 0. The molecule has 0 aliphatic carbocycles. The van der Waals surface area contributed by atoms with E-state index in [0.717, 1.165) is 12.8 Å². The topological polar surface area (TPSA) is 64.8 Å². The lowest BCUT2D eigenvalue weighted by atomic mass is 9.88. The summed E-state index contributed by atoms with van der Waals surface area (Å²) in [7, 11) is 3.31. The minimum atomic E-state index is -0.242. The van der Waals surface area contributed by atoms with Crippen LogP contribution in [0.5, 0.6) is 0 Å². The third kappa shape index (κ3) is 2.68. The molecule has 0 aromatic heterocycles. The van der Waals surface area contributed by atoms with E-state index in [2.05, 4.69) is 0 Å². The molecule has 5 nitrogen and oxygen atoms in total. The van der Waals surface area contributed by atoms with Crippen LogP contribution in [0.3, 0.4) is 0 Å². The number of nitrogens with two attached hydrogens (primary N) is 1. The predicted molar refractivity (Wildman–Crippen MR) is 56.5 cm³/mol. The molecule has 1 aliphatic rings. The van der Waals surface area contributed by atoms with Crippen LogP contribution in [-0.4, -0.2) is 56.9 Å². The summed E-state index contributed by atoms with van der Waals surface area (Å²) in [5.74, 6) is -0.0233. The Bertz CT molecular complexity index is 215. The molecule has 0 radical (unpaired) electrons. The minimum absolute atomic E-state index is 0.0233. The zero-order valence-electron chi connectivity index (χ0n) is 9.49. The molecule has 1 amide bonds. The van der Waals surface area contributed by atoms with E-state index < -0.39 is 0 Å². The standard InChI is InChI=1S/C10H20N2O3/c1-12(9(13)7-14-2)10(8-11)3-5-15-6-4-10/h3-8,11H2,1-2H3. The molecule has 0 aromatic rings. The lowest BCUT2D eigenvalue weighted by Crippen LogP contribution is -2.58. The van der Waals surface area contributed by atoms with Crippen molar-refractivity contribution in [3.05, 3.63) is 0 Å². The third-order valence-corrected chi connectivity index (χ3v) is 3.16. The van der Waals surface area contributed by atoms with E-state index >= 15 is 0 Å². The quantitative estimate of drug-likeness (QED) is 0.694. The Morgan fingerprint density at radius 3 is 2.60 bits per heavy atom. The molecule has 2 N–H and O–H groups in total. The molecule has 1 rings (SSSR count). The number of rotatable bonds is 4. The van der Waals surface area contributed by atoms with Crippen LogP contribution in [0.15, 0.2) is 0 Å². The molecular weight excluding hydrogens is 196 g/mol. The Kier molecular flexibility index (Phi) is 4.50. The van der Waals surface area contributed by atoms with Crippen LogP contribution in [0.2, 0.25) is 0 Å². The van der Waals surface area contributed by atoms with Crippen LogP contribution in [-0.2, 0) is 14.3 Å². The first-order chi connectivity index (χ1) is 7.16. The van der Waals surface area contributed by atoms with Gasteiger partial charge in [0, 0.05) is 33.9 Å². The van der Waals surface area contributed by atoms with E-state index in [9.17, 15) is 4.79 Å². The number of ether oxygens (including phenoxy) is 2. The van der Waals surface area contributed by atoms with Gasteiger partial charge < -0.3 is 20.1 Å². The number of methoxy groups -OCH3 is 1. The average Bonchev–Trinajstić information content (AvgIpc) is 2.29. The van der Waals surface area contributed by atoms with Crippen molar-refractivity contribution in [3.8, 4) is 0 Å². The number of amides is 1. The fourth-order valence-electron chi connectivity index (χ4n) is 1.91. The zero-order valence-corrected chi connectivity index (χ0v) is 9.49. The first kappa shape index (κ1) is 12.4. The predicted octanol–water partition coefficient (Wildman–Crippen LogP) is -0.401. The molecule has 5 heteroatoms. The van der Waals surface area contributed by atoms with Crippen molar-refractivity contribution in [2.75, 3.05) is 40.5 Å². The number of carbonyl (C=O) groups excluding carboxylic acids is 1. The maximum Gasteiger partial charge on any atom is 0.248 e. The lowest BCUT2D eigenvalue weighted by Gasteiger charge is -2.43. The second-order valence-corrected chi connectivity index (χ2v) is 3.93. The van der Waals surface area contributed by atoms with Crippen molar-refractivity contribution in [2.24, 2.45) is 5.73 Å². The molecule has 0 unspecified atom stereocenters. The molecule has 1 aliphatic heterocycles. The van der Waals surface area contributed by atoms with Gasteiger partial charge in [-0.05, 0) is 12.8 Å². The molecular formula is C10H20N2O3. The van der Waals surface area contributed by atoms with Gasteiger partial charge in [-0.3, -0.25) is 4.79 Å². The van der Waals surface area contributed by atoms with Gasteiger partial charge in [-0.1, -0.05) is 0 Å². The van der Waals surface area contributed by atoms with Gasteiger partial charge >= 0.3 is 0 Å². The summed E-state index contributed by atoms with van der Waals surface area (Å²) in [6.07, 6.45) is 1.60. The SMILES string of the molecule is COCC(=O)N(C)C1(CN)CCOCC1. The fourth-order valence-corrected chi connectivity index (χ4v) is 1.91. The van der Waals surface area contributed by atoms with Gasteiger partial charge in [0.25, 0.3) is 0 Å². The number of carbonyl (C=O) groups is 1. The Labute approximate surface area is 90.5 Å². The van der Waals surface area contributed by atoms with Crippen molar-refractivity contribution in [1.82, 2.24) is 4.90 Å². The van der Waals surface area contributed by atoms with E-state index in [1.165, 1.54) is 7.11 Å². The van der Waals surface area contributed by atoms with Crippen molar-refractivity contribution in [2.45, 2.75) is 18.4 Å². The summed E-state index contributed by atoms with van der Waals surface area (Å²) in [6, 6.07) is 0. The number of nitrogens with zero attached hydrogens (tertiary/aromatic N) is 1. The summed E-state index contributed by atoms with van der Waals surface area (Å²) in [6.45, 7) is 1.92. The summed E-state index contributed by atoms with van der Waals surface area (Å²) in [5.41, 5.74) is 5.54. The van der Waals surface area contributed by atoms with Crippen molar-refractivity contribution in [1.29, 1.82) is 0 Å². The number of hydrogen-bond donors (Lipinski definition) is 1. The summed E-state index contributed by atoms with van der Waals surface area (Å²) in [4.78, 5) is 13.4. The number of likely N-dealkylation sites (N-methyl/N-ethyl adjacent to an activating group) is 1. The minimum Gasteiger partial charge on any atom is -0.381 e. The van der Waals surface area contributed by atoms with Gasteiger partial charge in [-0.2, -0.15) is 0 Å². The second-order valence-electron chi connectivity index (χ2n) is 3.93. The molecule has 1 saturated heterocycles. The van der Waals surface area contributed by atoms with E-state index in [-0.39, 0.29) is 18.1 Å². The molecule has 1 fully saturated rings. The zero-order chi connectivity index (χ0) is 11.3. The van der Waals surface area contributed by atoms with Gasteiger partial charge in [0.1, 0.15) is 6.61 Å². The Morgan fingerprint density at radius 2 is 2.13 bits per heavy atom. The van der Waals surface area contributed by atoms with Crippen LogP contribution in [0, 0.1) is 0 Å². The molecule has 0 spiro atoms. The molecule has 88 valence electrons. The van der Waals surface area contributed by atoms with E-state index in [1.54, 1.807) is 11.9 Å². The van der Waals surface area contributed by atoms with E-state index in [1.807, 2.05) is 0 Å². The average molecular weight is 216 g/mol. The smallest absolute Gasteiger partial charge is 0.248 e. The highest BCUT2D eigenvalue weighted by Gasteiger charge is 2.37. The van der Waals surface area contributed by atoms with E-state index in [4.69, 9.17) is 15.2 Å². The summed E-state index contributed by atoms with van der Waals surface area (Å²) < 4.78 is 10.1. The van der Waals surface area contributed by atoms with Crippen molar-refractivity contribution >= 4 is 5.91 Å². The maximum atomic E-state index is 11.7. The first-order valence-electron chi connectivity index (χ1n) is 5.20. The van der Waals surface area contributed by atoms with E-state index in [0.29, 0.717) is 19.8 Å². The Balaban J connectivity index is 2.66. The summed E-state index contributed by atoms with van der Waals surface area (Å²) in [5, 5.41) is 0. The maximum absolute atomic E-state index is 11.7. The van der Waals surface area contributed by atoms with Gasteiger partial charge in [-0.25, -0.2) is 0 Å². The van der Waals surface area contributed by atoms with Crippen LogP contribution >= 0.6 is 0 Å². The third-order valence-electron chi connectivity index (χ3n) is 3.16. The largest absolute Gasteiger partial charge is 0.381 e. The fraction of sp³-hybridized carbons (Fsp3) is 0.900. The molecule has 0 aromatic carbocycles. The van der Waals surface area contributed by atoms with Crippen LogP contribution in [0.25, 0.3) is 0 Å². The highest BCUT2D eigenvalue weighted by Crippen LogP contribution is 2.25. The van der Waals surface area contributed by atoms with Crippen molar-refractivity contribution in [3.63, 3.8) is 0 Å². The van der Waals surface area contributed by atoms with Crippen LogP contribution in [0.1, 0.15) is 12.8 Å². The number of hydrogen-bond acceptors (Lipinski definition) is 4. The van der Waals surface area contributed by atoms with Crippen LogP contribution < -0.4 is 5.73 Å². The highest BCUT2D eigenvalue weighted by molar-refractivity contribution is 5.78. The highest BCUT2D eigenvalue weighted by atomic mass is 16.5. The van der Waals surface area contributed by atoms with Gasteiger partial charge in [0.05, 0.1) is 5.54 Å². The Morgan fingerprint density at radius 1 is 1.53 bits per heavy atom. The monoisotopic (exact) mass is 216 g/mol. The van der Waals surface area contributed by atoms with Crippen LogP contribution in [0.4, 0.5) is 0 Å². The molecule has 0 atom stereocenters. The second kappa shape index (κ2) is 5.44. The molecule has 0 saturated carbocycles. The normalized spacial score (nSPS) is 19.9. The van der Waals surface area contributed by atoms with Gasteiger partial charge in [0.2, 0.25) is 5.91 Å². The van der Waals surface area contributed by atoms with Gasteiger partial charge in [-0.15, -0.1) is 0 Å².